The van der Waals surface area contributed by atoms with Gasteiger partial charge in [-0.3, -0.25) is 0 Å². The molecule has 0 aliphatic carbocycles. The summed E-state index contributed by atoms with van der Waals surface area (Å²) in [7, 11) is 0. The molecule has 4 heteroatoms. The van der Waals surface area contributed by atoms with Crippen molar-refractivity contribution >= 4 is 10.8 Å². The maximum atomic E-state index is 6.05. The second kappa shape index (κ2) is 9.01. The molecule has 2 aromatic heterocycles. The van der Waals surface area contributed by atoms with Crippen molar-refractivity contribution in [1.82, 2.24) is 9.97 Å². The first-order valence-corrected chi connectivity index (χ1v) is 9.35. The minimum atomic E-state index is 0. The molecule has 0 amide bonds. The minimum Gasteiger partial charge on any atom is -0.497 e. The molecule has 2 heterocycles. The number of ether oxygens (including phenoxy) is 1. The molecule has 0 aliphatic heterocycles. The average Bonchev–Trinajstić information content (AvgIpc) is 2.80. The van der Waals surface area contributed by atoms with E-state index in [4.69, 9.17) is 4.74 Å². The topological polar surface area (TPSA) is 35.0 Å². The smallest absolute Gasteiger partial charge is 0.497 e. The molecule has 3 aromatic carbocycles. The van der Waals surface area contributed by atoms with Gasteiger partial charge >= 0.3 is 20.4 Å². The van der Waals surface area contributed by atoms with E-state index < -0.39 is 0 Å². The summed E-state index contributed by atoms with van der Waals surface area (Å²) in [4.78, 5) is 8.95. The number of pyridine rings is 2. The van der Waals surface area contributed by atoms with Gasteiger partial charge in [0, 0.05) is 23.9 Å². The van der Waals surface area contributed by atoms with E-state index in [1.54, 1.807) is 6.20 Å². The van der Waals surface area contributed by atoms with Gasteiger partial charge in [0.25, 0.3) is 0 Å². The Morgan fingerprint density at radius 1 is 0.600 bits per heavy atom. The predicted octanol–water partition coefficient (Wildman–Crippen LogP) is 6.35. The molecule has 0 bridgehead atoms. The van der Waals surface area contributed by atoms with Crippen LogP contribution in [0.25, 0.3) is 33.3 Å². The minimum absolute atomic E-state index is 0. The molecular weight excluding hydrogens is 463 g/mol. The van der Waals surface area contributed by atoms with Gasteiger partial charge in [-0.05, 0) is 34.3 Å². The van der Waals surface area contributed by atoms with Crippen LogP contribution in [-0.2, 0) is 20.4 Å². The molecule has 0 aliphatic rings. The van der Waals surface area contributed by atoms with Gasteiger partial charge in [-0.15, -0.1) is 47.5 Å². The van der Waals surface area contributed by atoms with Crippen molar-refractivity contribution in [3.05, 3.63) is 109 Å². The molecule has 0 fully saturated rings. The summed E-state index contributed by atoms with van der Waals surface area (Å²) in [5.41, 5.74) is 3.52. The van der Waals surface area contributed by atoms with Crippen molar-refractivity contribution in [2.45, 2.75) is 0 Å². The van der Waals surface area contributed by atoms with E-state index in [0.29, 0.717) is 11.5 Å². The summed E-state index contributed by atoms with van der Waals surface area (Å²) in [5, 5.41) is 2.24. The maximum Gasteiger partial charge on any atom is 2.00 e. The van der Waals surface area contributed by atoms with Crippen LogP contribution in [0.4, 0.5) is 0 Å². The van der Waals surface area contributed by atoms with Gasteiger partial charge in [0.1, 0.15) is 0 Å². The fourth-order valence-corrected chi connectivity index (χ4v) is 3.28. The SMILES string of the molecule is [Pd+2].[c-]1c(Oc2[c-]c(-c3nccc4ccccc34)ccc2)cccc1-c1ccccn1. The average molecular weight is 479 g/mol. The zero-order chi connectivity index (χ0) is 19.5. The number of benzene rings is 3. The van der Waals surface area contributed by atoms with Crippen LogP contribution in [0.1, 0.15) is 0 Å². The molecule has 0 saturated carbocycles. The van der Waals surface area contributed by atoms with Gasteiger partial charge < -0.3 is 14.7 Å². The number of hydrogen-bond acceptors (Lipinski definition) is 3. The monoisotopic (exact) mass is 478 g/mol. The normalized spacial score (nSPS) is 10.4. The molecule has 30 heavy (non-hydrogen) atoms. The molecule has 0 radical (unpaired) electrons. The van der Waals surface area contributed by atoms with Gasteiger partial charge in [-0.1, -0.05) is 48.5 Å². The van der Waals surface area contributed by atoms with Crippen molar-refractivity contribution in [2.75, 3.05) is 0 Å². The van der Waals surface area contributed by atoms with E-state index in [2.05, 4.69) is 34.2 Å². The Kier molecular flexibility index (Phi) is 6.00. The Hall–Kier alpha value is -3.32. The summed E-state index contributed by atoms with van der Waals surface area (Å²) < 4.78 is 6.05. The molecule has 0 unspecified atom stereocenters. The zero-order valence-electron chi connectivity index (χ0n) is 15.9. The molecule has 146 valence electrons. The first-order valence-electron chi connectivity index (χ1n) is 9.35. The summed E-state index contributed by atoms with van der Waals surface area (Å²) >= 11 is 0. The van der Waals surface area contributed by atoms with Crippen LogP contribution >= 0.6 is 0 Å². The van der Waals surface area contributed by atoms with Crippen molar-refractivity contribution in [3.63, 3.8) is 0 Å². The Labute approximate surface area is 189 Å². The Morgan fingerprint density at radius 3 is 2.13 bits per heavy atom. The van der Waals surface area contributed by atoms with Gasteiger partial charge in [-0.25, -0.2) is 0 Å². The largest absolute Gasteiger partial charge is 2.00 e. The summed E-state index contributed by atoms with van der Waals surface area (Å²) in [6.45, 7) is 0. The number of hydrogen-bond donors (Lipinski definition) is 0. The fourth-order valence-electron chi connectivity index (χ4n) is 3.28. The van der Waals surface area contributed by atoms with Gasteiger partial charge in [0.2, 0.25) is 0 Å². The van der Waals surface area contributed by atoms with Crippen molar-refractivity contribution < 1.29 is 25.2 Å². The molecule has 0 atom stereocenters. The van der Waals surface area contributed by atoms with E-state index >= 15 is 0 Å². The molecule has 5 rings (SSSR count). The van der Waals surface area contributed by atoms with Crippen LogP contribution in [0.2, 0.25) is 0 Å². The van der Waals surface area contributed by atoms with Crippen molar-refractivity contribution in [1.29, 1.82) is 0 Å². The van der Waals surface area contributed by atoms with Crippen LogP contribution < -0.4 is 4.74 Å². The van der Waals surface area contributed by atoms with E-state index in [1.165, 1.54) is 0 Å². The third-order valence-corrected chi connectivity index (χ3v) is 4.63. The van der Waals surface area contributed by atoms with E-state index in [-0.39, 0.29) is 20.4 Å². The first kappa shape index (κ1) is 20.0. The third kappa shape index (κ3) is 4.16. The molecule has 5 aromatic rings. The van der Waals surface area contributed by atoms with Crippen LogP contribution in [0.15, 0.2) is 97.3 Å². The predicted molar refractivity (Wildman–Crippen MR) is 115 cm³/mol. The van der Waals surface area contributed by atoms with Gasteiger partial charge in [-0.2, -0.15) is 0 Å². The molecule has 0 saturated heterocycles. The Morgan fingerprint density at radius 2 is 1.33 bits per heavy atom. The number of nitrogens with zero attached hydrogens (tertiary/aromatic N) is 2. The van der Waals surface area contributed by atoms with Crippen LogP contribution in [-0.4, -0.2) is 9.97 Å². The van der Waals surface area contributed by atoms with E-state index in [0.717, 1.165) is 33.3 Å². The van der Waals surface area contributed by atoms with Crippen LogP contribution in [0.5, 0.6) is 11.5 Å². The van der Waals surface area contributed by atoms with Gasteiger partial charge in [0.15, 0.2) is 0 Å². The van der Waals surface area contributed by atoms with Crippen LogP contribution in [0, 0.1) is 12.1 Å². The first-order chi connectivity index (χ1) is 14.4. The summed E-state index contributed by atoms with van der Waals surface area (Å²) in [6, 6.07) is 34.2. The fraction of sp³-hybridized carbons (Fsp3) is 0. The zero-order valence-corrected chi connectivity index (χ0v) is 17.4. The summed E-state index contributed by atoms with van der Waals surface area (Å²) in [5.74, 6) is 1.24. The summed E-state index contributed by atoms with van der Waals surface area (Å²) in [6.07, 6.45) is 3.59. The van der Waals surface area contributed by atoms with E-state index in [1.807, 2.05) is 79.0 Å². The maximum absolute atomic E-state index is 6.05. The van der Waals surface area contributed by atoms with Crippen LogP contribution in [0.3, 0.4) is 0 Å². The molecular formula is C26H16N2OPd. The molecule has 3 nitrogen and oxygen atoms in total. The number of aromatic nitrogens is 2. The third-order valence-electron chi connectivity index (χ3n) is 4.63. The molecule has 0 spiro atoms. The Balaban J connectivity index is 0.00000218. The number of fused-ring (bicyclic) bond motifs is 1. The van der Waals surface area contributed by atoms with E-state index in [9.17, 15) is 0 Å². The quantitative estimate of drug-likeness (QED) is 0.223. The second-order valence-corrected chi connectivity index (χ2v) is 6.56. The Bertz CT molecular complexity index is 1280. The standard InChI is InChI=1S/C26H16N2O.Pd/c1-2-12-24-19(7-1)14-16-28-26(24)21-9-6-11-23(18-21)29-22-10-5-8-20(17-22)25-13-3-4-15-27-25;/h1-16H;/q-2;+2. The van der Waals surface area contributed by atoms with Crippen molar-refractivity contribution in [3.8, 4) is 34.0 Å². The second-order valence-electron chi connectivity index (χ2n) is 6.56. The van der Waals surface area contributed by atoms with Crippen molar-refractivity contribution in [2.24, 2.45) is 0 Å². The van der Waals surface area contributed by atoms with Gasteiger partial charge in [0.05, 0.1) is 0 Å². The number of rotatable bonds is 4. The molecule has 0 N–H and O–H groups in total.